The van der Waals surface area contributed by atoms with Crippen molar-refractivity contribution in [2.24, 2.45) is 0 Å². The Morgan fingerprint density at radius 3 is 2.45 bits per heavy atom. The number of carbonyl (C=O) groups excluding carboxylic acids is 2. The molecule has 0 unspecified atom stereocenters. The van der Waals surface area contributed by atoms with E-state index < -0.39 is 0 Å². The van der Waals surface area contributed by atoms with Crippen LogP contribution in [0, 0.1) is 0 Å². The van der Waals surface area contributed by atoms with Gasteiger partial charge in [0.05, 0.1) is 12.0 Å². The molecule has 0 aliphatic rings. The average molecular weight is 362 g/mol. The summed E-state index contributed by atoms with van der Waals surface area (Å²) in [5.74, 6) is -0.270. The summed E-state index contributed by atoms with van der Waals surface area (Å²) in [4.78, 5) is 27.4. The topological polar surface area (TPSA) is 71.1 Å². The third kappa shape index (κ3) is 5.29. The molecule has 2 N–H and O–H groups in total. The van der Waals surface area contributed by atoms with Gasteiger partial charge in [-0.05, 0) is 29.8 Å². The summed E-state index contributed by atoms with van der Waals surface area (Å²) in [6.45, 7) is 0.765. The number of carbonyl (C=O) groups is 2. The molecule has 0 aliphatic heterocycles. The van der Waals surface area contributed by atoms with Gasteiger partial charge in [0.25, 0.3) is 5.91 Å². The Hall–Kier alpha value is -2.21. The molecular formula is C16H16BrN3O2. The van der Waals surface area contributed by atoms with Crippen LogP contribution in [0.1, 0.15) is 15.9 Å². The first-order valence-electron chi connectivity index (χ1n) is 6.84. The summed E-state index contributed by atoms with van der Waals surface area (Å²) in [5.41, 5.74) is 1.45. The average Bonchev–Trinajstić information content (AvgIpc) is 2.54. The normalized spacial score (nSPS) is 10.0. The Labute approximate surface area is 137 Å². The van der Waals surface area contributed by atoms with E-state index >= 15 is 0 Å². The largest absolute Gasteiger partial charge is 0.354 e. The molecule has 114 valence electrons. The smallest absolute Gasteiger partial charge is 0.252 e. The summed E-state index contributed by atoms with van der Waals surface area (Å²) in [5, 5.41) is 5.50. The molecule has 2 amide bonds. The van der Waals surface area contributed by atoms with Crippen LogP contribution in [0.25, 0.3) is 0 Å². The van der Waals surface area contributed by atoms with Crippen LogP contribution in [0.4, 0.5) is 0 Å². The fourth-order valence-corrected chi connectivity index (χ4v) is 2.09. The molecule has 5 nitrogen and oxygen atoms in total. The summed E-state index contributed by atoms with van der Waals surface area (Å²) >= 11 is 3.35. The maximum Gasteiger partial charge on any atom is 0.252 e. The Morgan fingerprint density at radius 1 is 1.05 bits per heavy atom. The van der Waals surface area contributed by atoms with Gasteiger partial charge in [-0.3, -0.25) is 14.6 Å². The standard InChI is InChI=1S/C16H16BrN3O2/c17-14-5-3-12(4-6-14)10-15(21)19-8-9-20-16(22)13-2-1-7-18-11-13/h1-7,11H,8-10H2,(H,19,21)(H,20,22). The lowest BCUT2D eigenvalue weighted by Gasteiger charge is -2.07. The molecule has 0 bridgehead atoms. The molecule has 0 atom stereocenters. The van der Waals surface area contributed by atoms with Crippen LogP contribution in [0.3, 0.4) is 0 Å². The molecule has 0 saturated carbocycles. The number of aromatic nitrogens is 1. The number of nitrogens with zero attached hydrogens (tertiary/aromatic N) is 1. The highest BCUT2D eigenvalue weighted by Crippen LogP contribution is 2.10. The van der Waals surface area contributed by atoms with E-state index in [0.29, 0.717) is 25.1 Å². The van der Waals surface area contributed by atoms with Crippen molar-refractivity contribution in [2.75, 3.05) is 13.1 Å². The fraction of sp³-hybridized carbons (Fsp3) is 0.188. The van der Waals surface area contributed by atoms with Gasteiger partial charge in [-0.15, -0.1) is 0 Å². The molecule has 1 aromatic heterocycles. The third-order valence-electron chi connectivity index (χ3n) is 2.93. The number of halogens is 1. The second-order valence-corrected chi connectivity index (χ2v) is 5.57. The van der Waals surface area contributed by atoms with E-state index in [4.69, 9.17) is 0 Å². The van der Waals surface area contributed by atoms with E-state index in [1.165, 1.54) is 6.20 Å². The summed E-state index contributed by atoms with van der Waals surface area (Å²) in [6.07, 6.45) is 3.43. The third-order valence-corrected chi connectivity index (χ3v) is 3.46. The van der Waals surface area contributed by atoms with Gasteiger partial charge in [0, 0.05) is 30.0 Å². The van der Waals surface area contributed by atoms with Crippen LogP contribution in [-0.2, 0) is 11.2 Å². The molecule has 0 aliphatic carbocycles. The zero-order valence-corrected chi connectivity index (χ0v) is 13.5. The fourth-order valence-electron chi connectivity index (χ4n) is 1.83. The maximum absolute atomic E-state index is 11.8. The van der Waals surface area contributed by atoms with Gasteiger partial charge in [-0.25, -0.2) is 0 Å². The second-order valence-electron chi connectivity index (χ2n) is 4.65. The second kappa shape index (κ2) is 8.29. The van der Waals surface area contributed by atoms with Crippen molar-refractivity contribution in [2.45, 2.75) is 6.42 Å². The first-order valence-corrected chi connectivity index (χ1v) is 7.64. The predicted molar refractivity (Wildman–Crippen MR) is 87.4 cm³/mol. The van der Waals surface area contributed by atoms with Gasteiger partial charge in [-0.2, -0.15) is 0 Å². The minimum absolute atomic E-state index is 0.0713. The minimum Gasteiger partial charge on any atom is -0.354 e. The van der Waals surface area contributed by atoms with Crippen LogP contribution < -0.4 is 10.6 Å². The Balaban J connectivity index is 1.67. The summed E-state index contributed by atoms with van der Waals surface area (Å²) in [6, 6.07) is 11.0. The number of hydrogen-bond donors (Lipinski definition) is 2. The number of hydrogen-bond acceptors (Lipinski definition) is 3. The molecule has 22 heavy (non-hydrogen) atoms. The lowest BCUT2D eigenvalue weighted by Crippen LogP contribution is -2.35. The van der Waals surface area contributed by atoms with Crippen molar-refractivity contribution in [1.29, 1.82) is 0 Å². The summed E-state index contributed by atoms with van der Waals surface area (Å²) in [7, 11) is 0. The van der Waals surface area contributed by atoms with E-state index in [1.807, 2.05) is 24.3 Å². The number of nitrogens with one attached hydrogen (secondary N) is 2. The van der Waals surface area contributed by atoms with E-state index in [9.17, 15) is 9.59 Å². The Kier molecular flexibility index (Phi) is 6.09. The van der Waals surface area contributed by atoms with E-state index in [-0.39, 0.29) is 11.8 Å². The minimum atomic E-state index is -0.199. The molecule has 0 saturated heterocycles. The molecule has 2 rings (SSSR count). The van der Waals surface area contributed by atoms with Crippen LogP contribution in [0.2, 0.25) is 0 Å². The van der Waals surface area contributed by atoms with Gasteiger partial charge in [0.15, 0.2) is 0 Å². The molecular weight excluding hydrogens is 346 g/mol. The quantitative estimate of drug-likeness (QED) is 0.772. The highest BCUT2D eigenvalue weighted by molar-refractivity contribution is 9.10. The number of rotatable bonds is 6. The highest BCUT2D eigenvalue weighted by atomic mass is 79.9. The number of amides is 2. The van der Waals surface area contributed by atoms with Crippen LogP contribution in [0.5, 0.6) is 0 Å². The molecule has 6 heteroatoms. The lowest BCUT2D eigenvalue weighted by molar-refractivity contribution is -0.120. The SMILES string of the molecule is O=C(Cc1ccc(Br)cc1)NCCNC(=O)c1cccnc1. The van der Waals surface area contributed by atoms with Crippen LogP contribution in [-0.4, -0.2) is 29.9 Å². The molecule has 1 heterocycles. The van der Waals surface area contributed by atoms with Crippen molar-refractivity contribution in [3.63, 3.8) is 0 Å². The highest BCUT2D eigenvalue weighted by Gasteiger charge is 2.05. The van der Waals surface area contributed by atoms with Crippen molar-refractivity contribution < 1.29 is 9.59 Å². The van der Waals surface area contributed by atoms with Gasteiger partial charge < -0.3 is 10.6 Å². The van der Waals surface area contributed by atoms with Crippen molar-refractivity contribution >= 4 is 27.7 Å². The first-order chi connectivity index (χ1) is 10.6. The van der Waals surface area contributed by atoms with Crippen molar-refractivity contribution in [1.82, 2.24) is 15.6 Å². The number of pyridine rings is 1. The van der Waals surface area contributed by atoms with Crippen molar-refractivity contribution in [3.8, 4) is 0 Å². The monoisotopic (exact) mass is 361 g/mol. The number of benzene rings is 1. The molecule has 2 aromatic rings. The zero-order valence-electron chi connectivity index (χ0n) is 11.9. The van der Waals surface area contributed by atoms with Gasteiger partial charge in [0.2, 0.25) is 5.91 Å². The molecule has 1 aromatic carbocycles. The lowest BCUT2D eigenvalue weighted by atomic mass is 10.1. The first kappa shape index (κ1) is 16.2. The van der Waals surface area contributed by atoms with E-state index in [0.717, 1.165) is 10.0 Å². The van der Waals surface area contributed by atoms with E-state index in [1.54, 1.807) is 18.3 Å². The Bertz CT molecular complexity index is 630. The van der Waals surface area contributed by atoms with Gasteiger partial charge >= 0.3 is 0 Å². The van der Waals surface area contributed by atoms with Gasteiger partial charge in [-0.1, -0.05) is 28.1 Å². The van der Waals surface area contributed by atoms with Crippen LogP contribution in [0.15, 0.2) is 53.3 Å². The Morgan fingerprint density at radius 2 is 1.77 bits per heavy atom. The predicted octanol–water partition coefficient (Wildman–Crippen LogP) is 1.93. The molecule has 0 radical (unpaired) electrons. The van der Waals surface area contributed by atoms with Crippen LogP contribution >= 0.6 is 15.9 Å². The maximum atomic E-state index is 11.8. The summed E-state index contributed by atoms with van der Waals surface area (Å²) < 4.78 is 0.981. The zero-order chi connectivity index (χ0) is 15.8. The van der Waals surface area contributed by atoms with E-state index in [2.05, 4.69) is 31.5 Å². The van der Waals surface area contributed by atoms with Gasteiger partial charge in [0.1, 0.15) is 0 Å². The molecule has 0 fully saturated rings. The van der Waals surface area contributed by atoms with Crippen molar-refractivity contribution in [3.05, 3.63) is 64.4 Å². The molecule has 0 spiro atoms.